The van der Waals surface area contributed by atoms with E-state index in [1.807, 2.05) is 30.3 Å². The molecule has 26 heavy (non-hydrogen) atoms. The van der Waals surface area contributed by atoms with Crippen LogP contribution >= 0.6 is 12.2 Å². The zero-order valence-corrected chi connectivity index (χ0v) is 16.2. The molecule has 0 bridgehead atoms. The fourth-order valence-electron chi connectivity index (χ4n) is 3.78. The lowest BCUT2D eigenvalue weighted by Crippen LogP contribution is -2.52. The smallest absolute Gasteiger partial charge is 0.242 e. The molecule has 0 saturated heterocycles. The Bertz CT molecular complexity index is 786. The van der Waals surface area contributed by atoms with E-state index in [0.717, 1.165) is 22.8 Å². The number of thiocarbonyl (C=S) groups is 1. The van der Waals surface area contributed by atoms with E-state index in [-0.39, 0.29) is 5.91 Å². The van der Waals surface area contributed by atoms with Gasteiger partial charge >= 0.3 is 0 Å². The van der Waals surface area contributed by atoms with Crippen LogP contribution in [-0.4, -0.2) is 17.1 Å². The number of hydrazine groups is 1. The van der Waals surface area contributed by atoms with E-state index in [9.17, 15) is 4.79 Å². The maximum atomic E-state index is 12.3. The molecular formula is C21H27N3OS. The van der Waals surface area contributed by atoms with Crippen LogP contribution in [0.4, 0.5) is 0 Å². The normalized spacial score (nSPS) is 22.6. The first-order valence-corrected chi connectivity index (χ1v) is 9.77. The molecule has 0 aromatic heterocycles. The predicted octanol–water partition coefficient (Wildman–Crippen LogP) is 3.70. The molecule has 1 aliphatic carbocycles. The van der Waals surface area contributed by atoms with Crippen LogP contribution in [0.3, 0.4) is 0 Å². The Labute approximate surface area is 160 Å². The molecule has 3 atom stereocenters. The molecule has 1 saturated carbocycles. The second-order valence-electron chi connectivity index (χ2n) is 7.34. The van der Waals surface area contributed by atoms with Gasteiger partial charge in [0.2, 0.25) is 5.91 Å². The van der Waals surface area contributed by atoms with E-state index in [4.69, 9.17) is 12.2 Å². The Kier molecular flexibility index (Phi) is 6.09. The summed E-state index contributed by atoms with van der Waals surface area (Å²) < 4.78 is 0. The van der Waals surface area contributed by atoms with Crippen molar-refractivity contribution in [2.75, 3.05) is 0 Å². The molecule has 2 aromatic carbocycles. The van der Waals surface area contributed by atoms with Gasteiger partial charge in [-0.05, 0) is 46.8 Å². The summed E-state index contributed by atoms with van der Waals surface area (Å²) in [5.74, 6) is 1.18. The predicted molar refractivity (Wildman–Crippen MR) is 111 cm³/mol. The zero-order valence-electron chi connectivity index (χ0n) is 15.4. The van der Waals surface area contributed by atoms with Crippen LogP contribution in [0.2, 0.25) is 0 Å². The molecule has 4 nitrogen and oxygen atoms in total. The quantitative estimate of drug-likeness (QED) is 0.570. The van der Waals surface area contributed by atoms with Crippen LogP contribution in [-0.2, 0) is 11.2 Å². The molecule has 1 aliphatic rings. The SMILES string of the molecule is C[C@@H]1[C@H](C)CCC[C@H]1NC(=S)NNC(=O)Cc1cccc2ccccc12. The summed E-state index contributed by atoms with van der Waals surface area (Å²) >= 11 is 5.35. The minimum atomic E-state index is -0.101. The van der Waals surface area contributed by atoms with Crippen LogP contribution in [0.25, 0.3) is 10.8 Å². The van der Waals surface area contributed by atoms with Crippen molar-refractivity contribution in [1.82, 2.24) is 16.2 Å². The van der Waals surface area contributed by atoms with E-state index in [0.29, 0.717) is 29.4 Å². The lowest BCUT2D eigenvalue weighted by atomic mass is 9.78. The van der Waals surface area contributed by atoms with Gasteiger partial charge in [-0.15, -0.1) is 0 Å². The Balaban J connectivity index is 1.51. The molecule has 138 valence electrons. The molecule has 3 rings (SSSR count). The maximum Gasteiger partial charge on any atom is 0.242 e. The van der Waals surface area contributed by atoms with Crippen molar-refractivity contribution < 1.29 is 4.79 Å². The van der Waals surface area contributed by atoms with Gasteiger partial charge in [-0.3, -0.25) is 15.6 Å². The first-order chi connectivity index (χ1) is 12.5. The number of carbonyl (C=O) groups is 1. The first-order valence-electron chi connectivity index (χ1n) is 9.36. The summed E-state index contributed by atoms with van der Waals surface area (Å²) in [7, 11) is 0. The Morgan fingerprint density at radius 2 is 1.85 bits per heavy atom. The van der Waals surface area contributed by atoms with Crippen LogP contribution in [0.5, 0.6) is 0 Å². The second kappa shape index (κ2) is 8.49. The van der Waals surface area contributed by atoms with Gasteiger partial charge in [0.15, 0.2) is 5.11 Å². The van der Waals surface area contributed by atoms with Gasteiger partial charge in [-0.25, -0.2) is 0 Å². The van der Waals surface area contributed by atoms with Crippen molar-refractivity contribution in [3.8, 4) is 0 Å². The molecule has 0 unspecified atom stereocenters. The van der Waals surface area contributed by atoms with Gasteiger partial charge in [0.05, 0.1) is 6.42 Å². The van der Waals surface area contributed by atoms with Crippen LogP contribution in [0.15, 0.2) is 42.5 Å². The Morgan fingerprint density at radius 1 is 1.08 bits per heavy atom. The van der Waals surface area contributed by atoms with E-state index in [1.165, 1.54) is 12.8 Å². The number of carbonyl (C=O) groups excluding carboxylic acids is 1. The third-order valence-corrected chi connectivity index (χ3v) is 5.79. The van der Waals surface area contributed by atoms with Gasteiger partial charge in [0, 0.05) is 6.04 Å². The molecule has 0 aliphatic heterocycles. The fraction of sp³-hybridized carbons (Fsp3) is 0.429. The van der Waals surface area contributed by atoms with Gasteiger partial charge in [0.25, 0.3) is 0 Å². The monoisotopic (exact) mass is 369 g/mol. The van der Waals surface area contributed by atoms with E-state index >= 15 is 0 Å². The average Bonchev–Trinajstić information content (AvgIpc) is 2.64. The third-order valence-electron chi connectivity index (χ3n) is 5.57. The first kappa shape index (κ1) is 18.6. The summed E-state index contributed by atoms with van der Waals surface area (Å²) in [6.07, 6.45) is 3.94. The number of fused-ring (bicyclic) bond motifs is 1. The average molecular weight is 370 g/mol. The molecule has 0 radical (unpaired) electrons. The summed E-state index contributed by atoms with van der Waals surface area (Å²) in [6.45, 7) is 4.56. The minimum absolute atomic E-state index is 0.101. The van der Waals surface area contributed by atoms with Crippen LogP contribution in [0.1, 0.15) is 38.7 Å². The van der Waals surface area contributed by atoms with Crippen LogP contribution in [0, 0.1) is 11.8 Å². The van der Waals surface area contributed by atoms with Crippen molar-refractivity contribution >= 4 is 34.0 Å². The number of hydrogen-bond donors (Lipinski definition) is 3. The standard InChI is InChI=1S/C21H27N3OS/c1-14-7-5-12-19(15(14)2)22-21(26)24-23-20(25)13-17-10-6-9-16-8-3-4-11-18(16)17/h3-4,6,8-11,14-15,19H,5,7,12-13H2,1-2H3,(H,23,25)(H2,22,24,26)/t14-,15-,19-/m1/s1. The zero-order chi connectivity index (χ0) is 18.5. The Morgan fingerprint density at radius 3 is 2.69 bits per heavy atom. The van der Waals surface area contributed by atoms with Gasteiger partial charge < -0.3 is 5.32 Å². The van der Waals surface area contributed by atoms with Gasteiger partial charge in [0.1, 0.15) is 0 Å². The topological polar surface area (TPSA) is 53.2 Å². The number of rotatable bonds is 3. The summed E-state index contributed by atoms with van der Waals surface area (Å²) in [5.41, 5.74) is 6.58. The highest BCUT2D eigenvalue weighted by molar-refractivity contribution is 7.80. The summed E-state index contributed by atoms with van der Waals surface area (Å²) in [5, 5.41) is 6.09. The summed E-state index contributed by atoms with van der Waals surface area (Å²) in [6, 6.07) is 14.5. The summed E-state index contributed by atoms with van der Waals surface area (Å²) in [4.78, 5) is 12.3. The highest BCUT2D eigenvalue weighted by Crippen LogP contribution is 2.29. The van der Waals surface area contributed by atoms with Crippen LogP contribution < -0.4 is 16.2 Å². The fourth-order valence-corrected chi connectivity index (χ4v) is 3.98. The van der Waals surface area contributed by atoms with Crippen molar-refractivity contribution in [3.05, 3.63) is 48.0 Å². The van der Waals surface area contributed by atoms with Crippen molar-refractivity contribution in [3.63, 3.8) is 0 Å². The molecule has 1 fully saturated rings. The Hall–Kier alpha value is -2.14. The number of nitrogens with one attached hydrogen (secondary N) is 3. The minimum Gasteiger partial charge on any atom is -0.358 e. The molecule has 2 aromatic rings. The maximum absolute atomic E-state index is 12.3. The van der Waals surface area contributed by atoms with Gasteiger partial charge in [-0.1, -0.05) is 69.2 Å². The molecule has 0 heterocycles. The molecule has 3 N–H and O–H groups in total. The largest absolute Gasteiger partial charge is 0.358 e. The molecule has 0 spiro atoms. The highest BCUT2D eigenvalue weighted by Gasteiger charge is 2.27. The number of hydrogen-bond acceptors (Lipinski definition) is 2. The number of benzene rings is 2. The molecular weight excluding hydrogens is 342 g/mol. The third kappa shape index (κ3) is 4.52. The van der Waals surface area contributed by atoms with Crippen molar-refractivity contribution in [2.45, 2.75) is 45.6 Å². The van der Waals surface area contributed by atoms with E-state index in [2.05, 4.69) is 42.1 Å². The lowest BCUT2D eigenvalue weighted by molar-refractivity contribution is -0.121. The molecule has 5 heteroatoms. The van der Waals surface area contributed by atoms with E-state index in [1.54, 1.807) is 0 Å². The highest BCUT2D eigenvalue weighted by atomic mass is 32.1. The second-order valence-corrected chi connectivity index (χ2v) is 7.74. The van der Waals surface area contributed by atoms with Gasteiger partial charge in [-0.2, -0.15) is 0 Å². The van der Waals surface area contributed by atoms with Crippen molar-refractivity contribution in [1.29, 1.82) is 0 Å². The lowest BCUT2D eigenvalue weighted by Gasteiger charge is -2.35. The van der Waals surface area contributed by atoms with Crippen molar-refractivity contribution in [2.24, 2.45) is 11.8 Å². The molecule has 1 amide bonds. The van der Waals surface area contributed by atoms with E-state index < -0.39 is 0 Å². The number of amides is 1.